The molecule has 5 rings (SSSR count). The number of hydrogen-bond acceptors (Lipinski definition) is 7. The van der Waals surface area contributed by atoms with Crippen LogP contribution in [-0.2, 0) is 4.79 Å². The van der Waals surface area contributed by atoms with E-state index in [0.717, 1.165) is 5.56 Å². The molecule has 3 heterocycles. The topological polar surface area (TPSA) is 92.6 Å². The molecule has 1 aliphatic heterocycles. The van der Waals surface area contributed by atoms with Crippen LogP contribution in [0.25, 0.3) is 10.6 Å². The molecule has 1 N–H and O–H groups in total. The molecule has 7 nitrogen and oxygen atoms in total. The fraction of sp³-hybridized carbons (Fsp3) is 0.143. The summed E-state index contributed by atoms with van der Waals surface area (Å²) in [6, 6.07) is 19.2. The number of ether oxygens (including phenoxy) is 1. The Labute approximate surface area is 212 Å². The Morgan fingerprint density at radius 3 is 2.50 bits per heavy atom. The number of nitrogens with zero attached hydrogens (tertiary/aromatic N) is 3. The van der Waals surface area contributed by atoms with Crippen molar-refractivity contribution in [2.24, 2.45) is 0 Å². The number of amides is 1. The van der Waals surface area contributed by atoms with Crippen molar-refractivity contribution in [2.45, 2.75) is 19.9 Å². The van der Waals surface area contributed by atoms with Crippen LogP contribution in [-0.4, -0.2) is 33.4 Å². The minimum absolute atomic E-state index is 0.00764. The maximum atomic E-state index is 13.9. The number of aliphatic hydroxyl groups excluding tert-OH is 1. The number of aliphatic hydroxyl groups is 1. The van der Waals surface area contributed by atoms with Crippen LogP contribution >= 0.6 is 11.3 Å². The lowest BCUT2D eigenvalue weighted by Gasteiger charge is -2.26. The number of Topliss-reactive ketones (excluding diaryl/α,β-unsaturated/α-hetero) is 1. The quantitative estimate of drug-likeness (QED) is 0.330. The van der Waals surface area contributed by atoms with E-state index in [0.29, 0.717) is 39.2 Å². The van der Waals surface area contributed by atoms with Crippen molar-refractivity contribution in [3.8, 4) is 16.3 Å². The molecule has 8 heteroatoms. The van der Waals surface area contributed by atoms with Crippen molar-refractivity contribution >= 4 is 28.7 Å². The summed E-state index contributed by atoms with van der Waals surface area (Å²) in [5, 5.41) is 11.7. The Hall–Kier alpha value is -4.30. The first-order valence-corrected chi connectivity index (χ1v) is 12.3. The number of pyridine rings is 1. The van der Waals surface area contributed by atoms with E-state index < -0.39 is 23.5 Å². The molecular formula is C28H23N3O4S. The van der Waals surface area contributed by atoms with Crippen LogP contribution in [0, 0.1) is 6.92 Å². The second kappa shape index (κ2) is 9.75. The first-order chi connectivity index (χ1) is 17.5. The predicted molar refractivity (Wildman–Crippen MR) is 138 cm³/mol. The summed E-state index contributed by atoms with van der Waals surface area (Å²) in [4.78, 5) is 37.8. The summed E-state index contributed by atoms with van der Waals surface area (Å²) < 4.78 is 5.52. The molecule has 0 radical (unpaired) electrons. The minimum Gasteiger partial charge on any atom is -0.503 e. The predicted octanol–water partition coefficient (Wildman–Crippen LogP) is 5.70. The van der Waals surface area contributed by atoms with Gasteiger partial charge in [0, 0.05) is 23.6 Å². The highest BCUT2D eigenvalue weighted by Crippen LogP contribution is 2.43. The number of aryl methyl sites for hydroxylation is 1. The average Bonchev–Trinajstić information content (AvgIpc) is 3.43. The van der Waals surface area contributed by atoms with E-state index in [1.165, 1.54) is 16.2 Å². The molecule has 1 unspecified atom stereocenters. The molecule has 1 amide bonds. The van der Waals surface area contributed by atoms with Gasteiger partial charge in [0.05, 0.1) is 28.8 Å². The fourth-order valence-electron chi connectivity index (χ4n) is 4.26. The zero-order chi connectivity index (χ0) is 25.2. The van der Waals surface area contributed by atoms with Crippen LogP contribution in [0.2, 0.25) is 0 Å². The Morgan fingerprint density at radius 2 is 1.83 bits per heavy atom. The highest BCUT2D eigenvalue weighted by Gasteiger charge is 2.45. The molecule has 1 atom stereocenters. The summed E-state index contributed by atoms with van der Waals surface area (Å²) in [5.41, 5.74) is 2.58. The molecule has 0 aliphatic carbocycles. The second-order valence-electron chi connectivity index (χ2n) is 8.18. The number of thiazole rings is 1. The van der Waals surface area contributed by atoms with E-state index in [9.17, 15) is 14.7 Å². The van der Waals surface area contributed by atoms with Crippen LogP contribution in [0.5, 0.6) is 5.75 Å². The zero-order valence-electron chi connectivity index (χ0n) is 19.7. The van der Waals surface area contributed by atoms with E-state index in [2.05, 4.69) is 9.97 Å². The lowest BCUT2D eigenvalue weighted by Crippen LogP contribution is -2.31. The maximum absolute atomic E-state index is 13.9. The van der Waals surface area contributed by atoms with Crippen LogP contribution in [0.4, 0.5) is 5.69 Å². The summed E-state index contributed by atoms with van der Waals surface area (Å²) >= 11 is 1.24. The highest BCUT2D eigenvalue weighted by molar-refractivity contribution is 7.17. The molecule has 1 aliphatic rings. The number of carbonyl (C=O) groups excluding carboxylic acids is 2. The van der Waals surface area contributed by atoms with Gasteiger partial charge in [0.25, 0.3) is 5.91 Å². The average molecular weight is 498 g/mol. The summed E-state index contributed by atoms with van der Waals surface area (Å²) in [6.07, 6.45) is 3.21. The van der Waals surface area contributed by atoms with Crippen LogP contribution in [0.1, 0.15) is 33.9 Å². The van der Waals surface area contributed by atoms with Gasteiger partial charge in [-0.05, 0) is 49.7 Å². The van der Waals surface area contributed by atoms with E-state index in [1.54, 1.807) is 55.7 Å². The van der Waals surface area contributed by atoms with Crippen LogP contribution < -0.4 is 9.64 Å². The smallest absolute Gasteiger partial charge is 0.294 e. The largest absolute Gasteiger partial charge is 0.503 e. The van der Waals surface area contributed by atoms with E-state index in [-0.39, 0.29) is 5.57 Å². The van der Waals surface area contributed by atoms with Gasteiger partial charge in [-0.25, -0.2) is 4.98 Å². The Morgan fingerprint density at radius 1 is 1.08 bits per heavy atom. The number of aromatic nitrogens is 2. The van der Waals surface area contributed by atoms with Crippen molar-refractivity contribution in [3.63, 3.8) is 0 Å². The van der Waals surface area contributed by atoms with Gasteiger partial charge < -0.3 is 9.84 Å². The van der Waals surface area contributed by atoms with Crippen LogP contribution in [0.3, 0.4) is 0 Å². The van der Waals surface area contributed by atoms with E-state index in [1.807, 2.05) is 37.3 Å². The first-order valence-electron chi connectivity index (χ1n) is 11.5. The SMILES string of the molecule is CCOc1ccc(N2C(=O)C(O)=C(C(=O)c3sc(-c4ccccc4)nc3C)C2c2cccnc2)cc1. The van der Waals surface area contributed by atoms with Gasteiger partial charge in [-0.1, -0.05) is 36.4 Å². The van der Waals surface area contributed by atoms with Crippen LogP contribution in [0.15, 0.2) is 90.5 Å². The molecule has 0 spiro atoms. The molecule has 2 aromatic heterocycles. The zero-order valence-corrected chi connectivity index (χ0v) is 20.5. The van der Waals surface area contributed by atoms with Gasteiger partial charge in [0.15, 0.2) is 5.76 Å². The molecule has 0 saturated heterocycles. The monoisotopic (exact) mass is 497 g/mol. The standard InChI is InChI=1S/C28H23N3O4S/c1-3-35-21-13-11-20(12-14-21)31-23(19-10-7-15-29-16-19)22(25(33)28(31)34)24(32)26-17(2)30-27(36-26)18-8-5-4-6-9-18/h4-16,23,33H,3H2,1-2H3. The normalized spacial score (nSPS) is 15.4. The van der Waals surface area contributed by atoms with Gasteiger partial charge in [-0.2, -0.15) is 0 Å². The third-order valence-corrected chi connectivity index (χ3v) is 7.11. The molecular weight excluding hydrogens is 474 g/mol. The molecule has 4 aromatic rings. The number of hydrogen-bond donors (Lipinski definition) is 1. The Balaban J connectivity index is 1.59. The number of benzene rings is 2. The number of anilines is 1. The molecule has 36 heavy (non-hydrogen) atoms. The Kier molecular flexibility index (Phi) is 6.35. The Bertz CT molecular complexity index is 1450. The molecule has 2 aromatic carbocycles. The third kappa shape index (κ3) is 4.16. The summed E-state index contributed by atoms with van der Waals surface area (Å²) in [7, 11) is 0. The van der Waals surface area contributed by atoms with Crippen molar-refractivity contribution in [2.75, 3.05) is 11.5 Å². The van der Waals surface area contributed by atoms with Gasteiger partial charge in [-0.3, -0.25) is 19.5 Å². The molecule has 180 valence electrons. The number of rotatable bonds is 7. The molecule has 0 saturated carbocycles. The lowest BCUT2D eigenvalue weighted by molar-refractivity contribution is -0.117. The molecule has 0 fully saturated rings. The minimum atomic E-state index is -0.849. The lowest BCUT2D eigenvalue weighted by atomic mass is 9.96. The number of carbonyl (C=O) groups is 2. The second-order valence-corrected chi connectivity index (χ2v) is 9.18. The van der Waals surface area contributed by atoms with Crippen molar-refractivity contribution in [1.82, 2.24) is 9.97 Å². The first kappa shape index (κ1) is 23.4. The maximum Gasteiger partial charge on any atom is 0.294 e. The summed E-state index contributed by atoms with van der Waals surface area (Å²) in [5.74, 6) is -0.994. The van der Waals surface area contributed by atoms with E-state index in [4.69, 9.17) is 4.74 Å². The number of ketones is 1. The third-order valence-electron chi connectivity index (χ3n) is 5.90. The molecule has 0 bridgehead atoms. The van der Waals surface area contributed by atoms with Crippen molar-refractivity contribution in [3.05, 3.63) is 107 Å². The van der Waals surface area contributed by atoms with E-state index >= 15 is 0 Å². The van der Waals surface area contributed by atoms with Gasteiger partial charge in [0.2, 0.25) is 5.78 Å². The highest BCUT2D eigenvalue weighted by atomic mass is 32.1. The van der Waals surface area contributed by atoms with Gasteiger partial charge >= 0.3 is 0 Å². The van der Waals surface area contributed by atoms with Gasteiger partial charge in [-0.15, -0.1) is 11.3 Å². The van der Waals surface area contributed by atoms with Crippen molar-refractivity contribution in [1.29, 1.82) is 0 Å². The summed E-state index contributed by atoms with van der Waals surface area (Å²) in [6.45, 7) is 4.16. The van der Waals surface area contributed by atoms with Gasteiger partial charge in [0.1, 0.15) is 10.8 Å². The van der Waals surface area contributed by atoms with Crippen molar-refractivity contribution < 1.29 is 19.4 Å². The fourth-order valence-corrected chi connectivity index (χ4v) is 5.29.